The number of hydrogen-bond acceptors (Lipinski definition) is 1. The molecule has 1 aromatic rings. The summed E-state index contributed by atoms with van der Waals surface area (Å²) in [5.74, 6) is 2.87. The molecule has 0 aliphatic heterocycles. The van der Waals surface area contributed by atoms with Crippen molar-refractivity contribution in [2.24, 2.45) is 0 Å². The number of benzene rings is 1. The van der Waals surface area contributed by atoms with Crippen molar-refractivity contribution in [1.29, 1.82) is 0 Å². The lowest BCUT2D eigenvalue weighted by Crippen LogP contribution is -1.85. The van der Waals surface area contributed by atoms with Gasteiger partial charge in [0, 0.05) is 17.4 Å². The van der Waals surface area contributed by atoms with Gasteiger partial charge < -0.3 is 0 Å². The maximum Gasteiger partial charge on any atom is 0.0314 e. The fourth-order valence-corrected chi connectivity index (χ4v) is 2.12. The van der Waals surface area contributed by atoms with Gasteiger partial charge in [0.1, 0.15) is 0 Å². The highest BCUT2D eigenvalue weighted by Gasteiger charge is 1.93. The summed E-state index contributed by atoms with van der Waals surface area (Å²) in [6.07, 6.45) is 1.12. The van der Waals surface area contributed by atoms with E-state index < -0.39 is 0 Å². The summed E-state index contributed by atoms with van der Waals surface area (Å²) in [4.78, 5) is 0. The molecule has 0 bridgehead atoms. The molecule has 0 fully saturated rings. The first-order valence-electron chi connectivity index (χ1n) is 4.58. The van der Waals surface area contributed by atoms with Crippen molar-refractivity contribution < 1.29 is 0 Å². The highest BCUT2D eigenvalue weighted by Crippen LogP contribution is 2.13. The minimum absolute atomic E-state index is 0.748. The van der Waals surface area contributed by atoms with Gasteiger partial charge in [0.15, 0.2) is 0 Å². The normalized spacial score (nSPS) is 10.3. The zero-order valence-electron chi connectivity index (χ0n) is 7.92. The van der Waals surface area contributed by atoms with Crippen LogP contribution in [0.4, 0.5) is 0 Å². The Balaban J connectivity index is 2.40. The van der Waals surface area contributed by atoms with Crippen molar-refractivity contribution in [2.75, 3.05) is 11.6 Å². The fourth-order valence-electron chi connectivity index (χ4n) is 1.12. The van der Waals surface area contributed by atoms with Crippen LogP contribution < -0.4 is 0 Å². The van der Waals surface area contributed by atoms with Crippen LogP contribution >= 0.6 is 23.4 Å². The number of halogens is 1. The lowest BCUT2D eigenvalue weighted by atomic mass is 10.1. The smallest absolute Gasteiger partial charge is 0.0314 e. The Kier molecular flexibility index (Phi) is 5.33. The molecule has 2 heteroatoms. The van der Waals surface area contributed by atoms with Crippen LogP contribution in [-0.4, -0.2) is 11.6 Å². The maximum atomic E-state index is 5.59. The molecule has 1 aromatic carbocycles. The number of aryl methyl sites for hydroxylation is 1. The van der Waals surface area contributed by atoms with Crippen LogP contribution in [0.15, 0.2) is 24.3 Å². The van der Waals surface area contributed by atoms with Gasteiger partial charge in [-0.25, -0.2) is 0 Å². The van der Waals surface area contributed by atoms with E-state index in [1.165, 1.54) is 11.1 Å². The maximum absolute atomic E-state index is 5.59. The molecule has 0 heterocycles. The molecule has 0 spiro atoms. The fraction of sp³-hybridized carbons (Fsp3) is 0.455. The van der Waals surface area contributed by atoms with Crippen molar-refractivity contribution in [3.8, 4) is 0 Å². The Labute approximate surface area is 89.7 Å². The van der Waals surface area contributed by atoms with Crippen molar-refractivity contribution in [1.82, 2.24) is 0 Å². The lowest BCUT2D eigenvalue weighted by Gasteiger charge is -2.01. The van der Waals surface area contributed by atoms with Gasteiger partial charge in [-0.1, -0.05) is 31.2 Å². The molecule has 0 aliphatic carbocycles. The zero-order chi connectivity index (χ0) is 9.52. The predicted octanol–water partition coefficient (Wildman–Crippen LogP) is 3.72. The molecule has 0 unspecified atom stereocenters. The lowest BCUT2D eigenvalue weighted by molar-refractivity contribution is 1.13. The van der Waals surface area contributed by atoms with Gasteiger partial charge in [-0.15, -0.1) is 11.6 Å². The van der Waals surface area contributed by atoms with Crippen LogP contribution in [-0.2, 0) is 12.2 Å². The molecule has 0 saturated heterocycles. The highest BCUT2D eigenvalue weighted by atomic mass is 35.5. The van der Waals surface area contributed by atoms with E-state index in [0.29, 0.717) is 0 Å². The number of hydrogen-bond donors (Lipinski definition) is 0. The first-order valence-corrected chi connectivity index (χ1v) is 6.27. The Morgan fingerprint density at radius 3 is 2.31 bits per heavy atom. The van der Waals surface area contributed by atoms with Gasteiger partial charge in [-0.3, -0.25) is 0 Å². The van der Waals surface area contributed by atoms with Crippen LogP contribution in [0.25, 0.3) is 0 Å². The molecule has 0 amide bonds. The van der Waals surface area contributed by atoms with Crippen LogP contribution in [0, 0.1) is 0 Å². The minimum atomic E-state index is 0.748. The SMILES string of the molecule is CCc1ccc(CSCCCl)cc1. The molecular weight excluding hydrogens is 200 g/mol. The average molecular weight is 215 g/mol. The third-order valence-electron chi connectivity index (χ3n) is 1.92. The predicted molar refractivity (Wildman–Crippen MR) is 62.7 cm³/mol. The minimum Gasteiger partial charge on any atom is -0.156 e. The molecule has 0 aromatic heterocycles. The standard InChI is InChI=1S/C11H15ClS/c1-2-10-3-5-11(6-4-10)9-13-8-7-12/h3-6H,2,7-9H2,1H3. The molecule has 1 rings (SSSR count). The van der Waals surface area contributed by atoms with E-state index in [-0.39, 0.29) is 0 Å². The second-order valence-corrected chi connectivity index (χ2v) is 4.39. The summed E-state index contributed by atoms with van der Waals surface area (Å²) in [6.45, 7) is 2.18. The van der Waals surface area contributed by atoms with Crippen molar-refractivity contribution in [3.63, 3.8) is 0 Å². The summed E-state index contributed by atoms with van der Waals surface area (Å²) in [6, 6.07) is 8.83. The molecule has 0 N–H and O–H groups in total. The van der Waals surface area contributed by atoms with E-state index in [2.05, 4.69) is 31.2 Å². The molecule has 72 valence electrons. The summed E-state index contributed by atoms with van der Waals surface area (Å²) in [5.41, 5.74) is 2.80. The van der Waals surface area contributed by atoms with Gasteiger partial charge in [0.05, 0.1) is 0 Å². The molecule has 0 atom stereocenters. The largest absolute Gasteiger partial charge is 0.156 e. The highest BCUT2D eigenvalue weighted by molar-refractivity contribution is 7.98. The summed E-state index contributed by atoms with van der Waals surface area (Å²) in [5, 5.41) is 0. The van der Waals surface area contributed by atoms with Gasteiger partial charge in [0.2, 0.25) is 0 Å². The van der Waals surface area contributed by atoms with Gasteiger partial charge in [-0.05, 0) is 17.5 Å². The van der Waals surface area contributed by atoms with Crippen molar-refractivity contribution >= 4 is 23.4 Å². The van der Waals surface area contributed by atoms with Crippen LogP contribution in [0.1, 0.15) is 18.1 Å². The van der Waals surface area contributed by atoms with Crippen LogP contribution in [0.5, 0.6) is 0 Å². The molecular formula is C11H15ClS. The van der Waals surface area contributed by atoms with Gasteiger partial charge in [-0.2, -0.15) is 11.8 Å². The van der Waals surface area contributed by atoms with Gasteiger partial charge in [0.25, 0.3) is 0 Å². The van der Waals surface area contributed by atoms with E-state index in [0.717, 1.165) is 23.8 Å². The van der Waals surface area contributed by atoms with E-state index in [4.69, 9.17) is 11.6 Å². The summed E-state index contributed by atoms with van der Waals surface area (Å²) >= 11 is 7.48. The zero-order valence-corrected chi connectivity index (χ0v) is 9.50. The summed E-state index contributed by atoms with van der Waals surface area (Å²) < 4.78 is 0. The quantitative estimate of drug-likeness (QED) is 0.532. The van der Waals surface area contributed by atoms with Gasteiger partial charge >= 0.3 is 0 Å². The molecule has 13 heavy (non-hydrogen) atoms. The molecule has 0 saturated carbocycles. The van der Waals surface area contributed by atoms with E-state index in [1.54, 1.807) is 0 Å². The van der Waals surface area contributed by atoms with E-state index in [1.807, 2.05) is 11.8 Å². The Bertz CT molecular complexity index is 230. The molecule has 0 nitrogen and oxygen atoms in total. The topological polar surface area (TPSA) is 0 Å². The van der Waals surface area contributed by atoms with Crippen molar-refractivity contribution in [2.45, 2.75) is 19.1 Å². The van der Waals surface area contributed by atoms with Crippen molar-refractivity contribution in [3.05, 3.63) is 35.4 Å². The Hall–Kier alpha value is -0.140. The number of thioether (sulfide) groups is 1. The monoisotopic (exact) mass is 214 g/mol. The average Bonchev–Trinajstić information content (AvgIpc) is 2.19. The first-order chi connectivity index (χ1) is 6.36. The molecule has 0 radical (unpaired) electrons. The number of rotatable bonds is 5. The number of alkyl halides is 1. The second kappa shape index (κ2) is 6.33. The third kappa shape index (κ3) is 4.06. The second-order valence-electron chi connectivity index (χ2n) is 2.91. The van der Waals surface area contributed by atoms with Crippen LogP contribution in [0.2, 0.25) is 0 Å². The first kappa shape index (κ1) is 10.9. The Morgan fingerprint density at radius 1 is 1.15 bits per heavy atom. The Morgan fingerprint density at radius 2 is 1.77 bits per heavy atom. The van der Waals surface area contributed by atoms with E-state index >= 15 is 0 Å². The summed E-state index contributed by atoms with van der Waals surface area (Å²) in [7, 11) is 0. The van der Waals surface area contributed by atoms with E-state index in [9.17, 15) is 0 Å². The van der Waals surface area contributed by atoms with Crippen LogP contribution in [0.3, 0.4) is 0 Å². The third-order valence-corrected chi connectivity index (χ3v) is 3.36. The molecule has 0 aliphatic rings.